The molecule has 0 aliphatic rings. The van der Waals surface area contributed by atoms with E-state index in [9.17, 15) is 13.2 Å². The molecule has 42 heavy (non-hydrogen) atoms. The van der Waals surface area contributed by atoms with Gasteiger partial charge in [-0.25, -0.2) is 18.2 Å². The van der Waals surface area contributed by atoms with E-state index in [-0.39, 0.29) is 5.97 Å². The number of methoxy groups -OCH3 is 1. The van der Waals surface area contributed by atoms with Crippen LogP contribution in [0.2, 0.25) is 10.0 Å². The van der Waals surface area contributed by atoms with Crippen LogP contribution in [0.3, 0.4) is 0 Å². The number of carbonyl (C=O) groups excluding carboxylic acids is 1. The number of benzene rings is 4. The predicted octanol–water partition coefficient (Wildman–Crippen LogP) is 7.93. The summed E-state index contributed by atoms with van der Waals surface area (Å²) in [6.07, 6.45) is 7.05. The fourth-order valence-electron chi connectivity index (χ4n) is 4.43. The first-order valence-electron chi connectivity index (χ1n) is 12.9. The van der Waals surface area contributed by atoms with E-state index >= 15 is 0 Å². The van der Waals surface area contributed by atoms with Crippen LogP contribution in [-0.4, -0.2) is 37.3 Å². The van der Waals surface area contributed by atoms with Gasteiger partial charge in [-0.05, 0) is 70.8 Å². The average molecular weight is 618 g/mol. The molecule has 0 fully saturated rings. The lowest BCUT2D eigenvalue weighted by atomic mass is 10.0. The average Bonchev–Trinajstić information content (AvgIpc) is 3.37. The molecule has 5 aromatic rings. The van der Waals surface area contributed by atoms with Gasteiger partial charge in [-0.2, -0.15) is 0 Å². The maximum atomic E-state index is 11.8. The Kier molecular flexibility index (Phi) is 8.64. The summed E-state index contributed by atoms with van der Waals surface area (Å²) in [6.45, 7) is 0.516. The Balaban J connectivity index is 1.42. The van der Waals surface area contributed by atoms with Crippen LogP contribution in [0.1, 0.15) is 27.3 Å². The number of hydrogen-bond donors (Lipinski definition) is 0. The number of hydrogen-bond acceptors (Lipinski definition) is 5. The first kappa shape index (κ1) is 29.3. The molecule has 1 heterocycles. The zero-order chi connectivity index (χ0) is 29.9. The van der Waals surface area contributed by atoms with Crippen LogP contribution in [0.4, 0.5) is 0 Å². The second-order valence-corrected chi connectivity index (χ2v) is 12.5. The topological polar surface area (TPSA) is 78.3 Å². The van der Waals surface area contributed by atoms with Crippen LogP contribution < -0.4 is 0 Å². The predicted molar refractivity (Wildman–Crippen MR) is 168 cm³/mol. The minimum absolute atomic E-state index is 0.292. The van der Waals surface area contributed by atoms with Gasteiger partial charge in [0.2, 0.25) is 0 Å². The number of halogens is 2. The van der Waals surface area contributed by atoms with Crippen molar-refractivity contribution in [3.63, 3.8) is 0 Å². The molecule has 0 amide bonds. The Labute approximate surface area is 254 Å². The molecular formula is C33H26Cl2N2O4S. The van der Waals surface area contributed by atoms with Gasteiger partial charge >= 0.3 is 5.97 Å². The van der Waals surface area contributed by atoms with Gasteiger partial charge in [-0.15, -0.1) is 0 Å². The van der Waals surface area contributed by atoms with Crippen molar-refractivity contribution in [3.8, 4) is 22.4 Å². The number of ether oxygens (including phenoxy) is 1. The molecule has 9 heteroatoms. The van der Waals surface area contributed by atoms with Crippen LogP contribution in [0.5, 0.6) is 0 Å². The van der Waals surface area contributed by atoms with Crippen LogP contribution in [0, 0.1) is 0 Å². The Morgan fingerprint density at radius 3 is 2.12 bits per heavy atom. The largest absolute Gasteiger partial charge is 0.465 e. The number of rotatable bonds is 8. The van der Waals surface area contributed by atoms with Gasteiger partial charge in [-0.3, -0.25) is 0 Å². The molecule has 0 spiro atoms. The Morgan fingerprint density at radius 1 is 0.881 bits per heavy atom. The van der Waals surface area contributed by atoms with Gasteiger partial charge in [0.05, 0.1) is 28.3 Å². The van der Waals surface area contributed by atoms with Crippen molar-refractivity contribution in [2.24, 2.45) is 0 Å². The SMILES string of the molecule is COC(=O)c1ccc(Cn2cc(-c3ccc(Cl)cc3Cl)nc2/C=C/c2ccc(-c3ccc(S(C)(=O)=O)cc3)cc2)cc1. The minimum Gasteiger partial charge on any atom is -0.465 e. The normalized spacial score (nSPS) is 11.6. The highest BCUT2D eigenvalue weighted by atomic mass is 35.5. The van der Waals surface area contributed by atoms with E-state index < -0.39 is 9.84 Å². The van der Waals surface area contributed by atoms with E-state index in [2.05, 4.69) is 0 Å². The van der Waals surface area contributed by atoms with Gasteiger partial charge in [-0.1, -0.05) is 77.8 Å². The van der Waals surface area contributed by atoms with Crippen LogP contribution >= 0.6 is 23.2 Å². The van der Waals surface area contributed by atoms with E-state index in [1.807, 2.05) is 65.4 Å². The maximum Gasteiger partial charge on any atom is 0.337 e. The van der Waals surface area contributed by atoms with Crippen molar-refractivity contribution < 1.29 is 17.9 Å². The smallest absolute Gasteiger partial charge is 0.337 e. The molecule has 6 nitrogen and oxygen atoms in total. The highest BCUT2D eigenvalue weighted by molar-refractivity contribution is 7.90. The summed E-state index contributed by atoms with van der Waals surface area (Å²) in [5, 5.41) is 1.05. The molecule has 4 aromatic carbocycles. The Hall–Kier alpha value is -4.17. The molecular weight excluding hydrogens is 591 g/mol. The number of aromatic nitrogens is 2. The molecule has 0 aliphatic heterocycles. The van der Waals surface area contributed by atoms with Crippen LogP contribution in [0.15, 0.2) is 102 Å². The summed E-state index contributed by atoms with van der Waals surface area (Å²) in [6, 6.07) is 27.4. The van der Waals surface area contributed by atoms with E-state index in [0.717, 1.165) is 27.8 Å². The van der Waals surface area contributed by atoms with E-state index in [1.165, 1.54) is 13.4 Å². The van der Waals surface area contributed by atoms with E-state index in [4.69, 9.17) is 32.9 Å². The summed E-state index contributed by atoms with van der Waals surface area (Å²) in [5.74, 6) is 0.331. The number of carbonyl (C=O) groups is 1. The van der Waals surface area contributed by atoms with Crippen molar-refractivity contribution in [1.82, 2.24) is 9.55 Å². The lowest BCUT2D eigenvalue weighted by molar-refractivity contribution is 0.0600. The summed E-state index contributed by atoms with van der Waals surface area (Å²) < 4.78 is 30.3. The van der Waals surface area contributed by atoms with Gasteiger partial charge in [0.25, 0.3) is 0 Å². The van der Waals surface area contributed by atoms with Crippen molar-refractivity contribution in [2.45, 2.75) is 11.4 Å². The third-order valence-electron chi connectivity index (χ3n) is 6.69. The molecule has 0 saturated carbocycles. The number of nitrogens with zero attached hydrogens (tertiary/aromatic N) is 2. The number of imidazole rings is 1. The number of esters is 1. The standard InChI is InChI=1S/C33H26Cl2N2O4S/c1-41-33(38)26-10-5-23(6-11-26)20-37-21-31(29-17-14-27(34)19-30(29)35)36-32(37)18-7-22-3-8-24(9-4-22)25-12-15-28(16-13-25)42(2,39)40/h3-19,21H,20H2,1-2H3/b18-7+. The molecule has 0 radical (unpaired) electrons. The molecule has 0 saturated heterocycles. The van der Waals surface area contributed by atoms with Gasteiger partial charge < -0.3 is 9.30 Å². The zero-order valence-electron chi connectivity index (χ0n) is 22.8. The summed E-state index contributed by atoms with van der Waals surface area (Å²) >= 11 is 12.6. The summed E-state index contributed by atoms with van der Waals surface area (Å²) in [5.41, 5.74) is 5.80. The summed E-state index contributed by atoms with van der Waals surface area (Å²) in [7, 11) is -1.89. The third kappa shape index (κ3) is 6.82. The first-order valence-corrected chi connectivity index (χ1v) is 15.5. The van der Waals surface area contributed by atoms with Crippen molar-refractivity contribution in [2.75, 3.05) is 13.4 Å². The fraction of sp³-hybridized carbons (Fsp3) is 0.0909. The molecule has 0 atom stereocenters. The Bertz CT molecular complexity index is 1880. The quantitative estimate of drug-likeness (QED) is 0.165. The monoisotopic (exact) mass is 616 g/mol. The third-order valence-corrected chi connectivity index (χ3v) is 8.37. The second-order valence-electron chi connectivity index (χ2n) is 9.68. The Morgan fingerprint density at radius 2 is 1.52 bits per heavy atom. The zero-order valence-corrected chi connectivity index (χ0v) is 25.1. The lowest BCUT2D eigenvalue weighted by Gasteiger charge is -2.07. The minimum atomic E-state index is -3.24. The van der Waals surface area contributed by atoms with Crippen molar-refractivity contribution in [3.05, 3.63) is 130 Å². The molecule has 5 rings (SSSR count). The highest BCUT2D eigenvalue weighted by Gasteiger charge is 2.13. The van der Waals surface area contributed by atoms with Crippen LogP contribution in [-0.2, 0) is 21.1 Å². The van der Waals surface area contributed by atoms with E-state index in [0.29, 0.717) is 38.6 Å². The molecule has 0 bridgehead atoms. The van der Waals surface area contributed by atoms with E-state index in [1.54, 1.807) is 48.5 Å². The molecule has 212 valence electrons. The van der Waals surface area contributed by atoms with Gasteiger partial charge in [0.15, 0.2) is 9.84 Å². The molecule has 0 aliphatic carbocycles. The van der Waals surface area contributed by atoms with Crippen LogP contribution in [0.25, 0.3) is 34.5 Å². The summed E-state index contributed by atoms with van der Waals surface area (Å²) in [4.78, 5) is 17.0. The van der Waals surface area contributed by atoms with Crippen molar-refractivity contribution >= 4 is 51.2 Å². The highest BCUT2D eigenvalue weighted by Crippen LogP contribution is 2.30. The van der Waals surface area contributed by atoms with Crippen molar-refractivity contribution in [1.29, 1.82) is 0 Å². The molecule has 0 N–H and O–H groups in total. The molecule has 1 aromatic heterocycles. The lowest BCUT2D eigenvalue weighted by Crippen LogP contribution is -2.03. The first-order chi connectivity index (χ1) is 20.1. The fourth-order valence-corrected chi connectivity index (χ4v) is 5.57. The second kappa shape index (κ2) is 12.4. The van der Waals surface area contributed by atoms with Gasteiger partial charge in [0, 0.05) is 29.6 Å². The molecule has 0 unspecified atom stereocenters. The maximum absolute atomic E-state index is 11.8. The van der Waals surface area contributed by atoms with Gasteiger partial charge in [0.1, 0.15) is 5.82 Å². The number of sulfone groups is 1.